The predicted molar refractivity (Wildman–Crippen MR) is 76.7 cm³/mol. The molecule has 1 aromatic heterocycles. The maximum atomic E-state index is 11.7. The second-order valence-corrected chi connectivity index (χ2v) is 5.05. The molecule has 2 rings (SSSR count). The highest BCUT2D eigenvalue weighted by Gasteiger charge is 2.07. The molecule has 0 fully saturated rings. The minimum atomic E-state index is -0.0231. The van der Waals surface area contributed by atoms with Crippen LogP contribution in [0.25, 0.3) is 5.69 Å². The van der Waals surface area contributed by atoms with Crippen LogP contribution in [-0.2, 0) is 5.33 Å². The van der Waals surface area contributed by atoms with Crippen LogP contribution in [0, 0.1) is 20.8 Å². The summed E-state index contributed by atoms with van der Waals surface area (Å²) >= 11 is 3.29. The van der Waals surface area contributed by atoms with E-state index in [0.717, 1.165) is 11.4 Å². The molecule has 0 amide bonds. The normalized spacial score (nSPS) is 10.7. The van der Waals surface area contributed by atoms with Gasteiger partial charge in [0, 0.05) is 11.8 Å². The van der Waals surface area contributed by atoms with Gasteiger partial charge in [0.15, 0.2) is 0 Å². The van der Waals surface area contributed by atoms with Gasteiger partial charge in [0.1, 0.15) is 5.69 Å². The Bertz CT molecular complexity index is 626. The summed E-state index contributed by atoms with van der Waals surface area (Å²) in [5.41, 5.74) is 4.71. The Morgan fingerprint density at radius 3 is 2.28 bits per heavy atom. The van der Waals surface area contributed by atoms with Crippen molar-refractivity contribution in [3.63, 3.8) is 0 Å². The highest BCUT2D eigenvalue weighted by Crippen LogP contribution is 2.14. The fraction of sp³-hybridized carbons (Fsp3) is 0.286. The van der Waals surface area contributed by atoms with Crippen molar-refractivity contribution in [2.24, 2.45) is 0 Å². The molecule has 94 valence electrons. The van der Waals surface area contributed by atoms with E-state index in [1.165, 1.54) is 11.1 Å². The van der Waals surface area contributed by atoms with Crippen molar-refractivity contribution in [2.45, 2.75) is 26.1 Å². The van der Waals surface area contributed by atoms with Crippen molar-refractivity contribution >= 4 is 15.9 Å². The van der Waals surface area contributed by atoms with E-state index in [2.05, 4.69) is 53.1 Å². The SMILES string of the molecule is Cc1cc(C)cc(-n2nc(CBr)c(=O)cc2C)c1. The maximum absolute atomic E-state index is 11.7. The number of benzene rings is 1. The fourth-order valence-corrected chi connectivity index (χ4v) is 2.40. The van der Waals surface area contributed by atoms with E-state index in [1.807, 2.05) is 11.6 Å². The highest BCUT2D eigenvalue weighted by molar-refractivity contribution is 9.08. The van der Waals surface area contributed by atoms with Gasteiger partial charge in [0.2, 0.25) is 5.43 Å². The summed E-state index contributed by atoms with van der Waals surface area (Å²) in [5, 5.41) is 4.87. The summed E-state index contributed by atoms with van der Waals surface area (Å²) in [6, 6.07) is 7.87. The number of aryl methyl sites for hydroxylation is 3. The molecular formula is C14H15BrN2O. The monoisotopic (exact) mass is 306 g/mol. The first-order valence-electron chi connectivity index (χ1n) is 5.76. The number of hydrogen-bond acceptors (Lipinski definition) is 2. The van der Waals surface area contributed by atoms with Gasteiger partial charge in [-0.15, -0.1) is 0 Å². The van der Waals surface area contributed by atoms with E-state index in [-0.39, 0.29) is 5.43 Å². The molecular weight excluding hydrogens is 292 g/mol. The van der Waals surface area contributed by atoms with Crippen LogP contribution in [0.5, 0.6) is 0 Å². The van der Waals surface area contributed by atoms with Crippen molar-refractivity contribution in [3.05, 3.63) is 57.0 Å². The number of alkyl halides is 1. The Hall–Kier alpha value is -1.42. The molecule has 0 radical (unpaired) electrons. The molecule has 0 atom stereocenters. The highest BCUT2D eigenvalue weighted by atomic mass is 79.9. The van der Waals surface area contributed by atoms with Crippen LogP contribution in [0.15, 0.2) is 29.1 Å². The van der Waals surface area contributed by atoms with Crippen molar-refractivity contribution in [3.8, 4) is 5.69 Å². The van der Waals surface area contributed by atoms with Crippen LogP contribution < -0.4 is 5.43 Å². The van der Waals surface area contributed by atoms with E-state index in [1.54, 1.807) is 6.07 Å². The average molecular weight is 307 g/mol. The van der Waals surface area contributed by atoms with E-state index in [0.29, 0.717) is 11.0 Å². The second-order valence-electron chi connectivity index (χ2n) is 4.49. The quantitative estimate of drug-likeness (QED) is 0.799. The van der Waals surface area contributed by atoms with Gasteiger partial charge in [0.05, 0.1) is 11.0 Å². The summed E-state index contributed by atoms with van der Waals surface area (Å²) in [4.78, 5) is 11.7. The van der Waals surface area contributed by atoms with Gasteiger partial charge in [-0.3, -0.25) is 4.79 Å². The first kappa shape index (κ1) is 13.0. The van der Waals surface area contributed by atoms with Gasteiger partial charge in [0.25, 0.3) is 0 Å². The summed E-state index contributed by atoms with van der Waals surface area (Å²) in [6.45, 7) is 6.00. The van der Waals surface area contributed by atoms with Crippen LogP contribution >= 0.6 is 15.9 Å². The van der Waals surface area contributed by atoms with E-state index >= 15 is 0 Å². The average Bonchev–Trinajstić information content (AvgIpc) is 2.27. The summed E-state index contributed by atoms with van der Waals surface area (Å²) in [6.07, 6.45) is 0. The van der Waals surface area contributed by atoms with Gasteiger partial charge in [-0.1, -0.05) is 22.0 Å². The van der Waals surface area contributed by atoms with Crippen LogP contribution in [0.2, 0.25) is 0 Å². The third-order valence-electron chi connectivity index (χ3n) is 2.76. The molecule has 0 saturated heterocycles. The number of halogens is 1. The molecule has 0 aliphatic heterocycles. The van der Waals surface area contributed by atoms with Crippen molar-refractivity contribution in [1.82, 2.24) is 9.78 Å². The Labute approximate surface area is 115 Å². The first-order chi connectivity index (χ1) is 8.51. The molecule has 0 N–H and O–H groups in total. The molecule has 0 unspecified atom stereocenters. The third-order valence-corrected chi connectivity index (χ3v) is 3.29. The molecule has 4 heteroatoms. The number of rotatable bonds is 2. The zero-order valence-electron chi connectivity index (χ0n) is 10.7. The Kier molecular flexibility index (Phi) is 3.66. The number of hydrogen-bond donors (Lipinski definition) is 0. The van der Waals surface area contributed by atoms with Gasteiger partial charge < -0.3 is 0 Å². The van der Waals surface area contributed by atoms with Crippen molar-refractivity contribution in [2.75, 3.05) is 0 Å². The van der Waals surface area contributed by atoms with Crippen LogP contribution in [-0.4, -0.2) is 9.78 Å². The molecule has 18 heavy (non-hydrogen) atoms. The Morgan fingerprint density at radius 1 is 1.11 bits per heavy atom. The lowest BCUT2D eigenvalue weighted by Gasteiger charge is -2.12. The predicted octanol–water partition coefficient (Wildman–Crippen LogP) is 3.05. The van der Waals surface area contributed by atoms with E-state index in [9.17, 15) is 4.79 Å². The minimum Gasteiger partial charge on any atom is -0.288 e. The molecule has 1 aromatic carbocycles. The van der Waals surface area contributed by atoms with Crippen LogP contribution in [0.1, 0.15) is 22.5 Å². The van der Waals surface area contributed by atoms with Gasteiger partial charge in [-0.25, -0.2) is 4.68 Å². The smallest absolute Gasteiger partial charge is 0.204 e. The molecule has 0 aliphatic rings. The molecule has 1 heterocycles. The standard InChI is InChI=1S/C14H15BrN2O/c1-9-4-10(2)6-12(5-9)17-11(3)7-14(18)13(8-15)16-17/h4-7H,8H2,1-3H3. The second kappa shape index (κ2) is 5.06. The fourth-order valence-electron chi connectivity index (χ4n) is 2.01. The lowest BCUT2D eigenvalue weighted by Crippen LogP contribution is -2.17. The van der Waals surface area contributed by atoms with Crippen molar-refractivity contribution in [1.29, 1.82) is 0 Å². The van der Waals surface area contributed by atoms with Gasteiger partial charge >= 0.3 is 0 Å². The molecule has 2 aromatic rings. The summed E-state index contributed by atoms with van der Waals surface area (Å²) < 4.78 is 1.82. The first-order valence-corrected chi connectivity index (χ1v) is 6.88. The molecule has 0 spiro atoms. The lowest BCUT2D eigenvalue weighted by molar-refractivity contribution is 0.773. The van der Waals surface area contributed by atoms with Gasteiger partial charge in [-0.05, 0) is 44.0 Å². The van der Waals surface area contributed by atoms with Gasteiger partial charge in [-0.2, -0.15) is 5.10 Å². The number of aromatic nitrogens is 2. The van der Waals surface area contributed by atoms with E-state index in [4.69, 9.17) is 0 Å². The zero-order valence-corrected chi connectivity index (χ0v) is 12.3. The summed E-state index contributed by atoms with van der Waals surface area (Å²) in [7, 11) is 0. The lowest BCUT2D eigenvalue weighted by atomic mass is 10.1. The minimum absolute atomic E-state index is 0.0231. The topological polar surface area (TPSA) is 34.9 Å². The molecule has 0 bridgehead atoms. The van der Waals surface area contributed by atoms with Crippen LogP contribution in [0.4, 0.5) is 0 Å². The van der Waals surface area contributed by atoms with Crippen LogP contribution in [0.3, 0.4) is 0 Å². The number of nitrogens with zero attached hydrogens (tertiary/aromatic N) is 2. The molecule has 0 saturated carbocycles. The summed E-state index contributed by atoms with van der Waals surface area (Å²) in [5.74, 6) is 0. The molecule has 0 aliphatic carbocycles. The maximum Gasteiger partial charge on any atom is 0.204 e. The largest absolute Gasteiger partial charge is 0.288 e. The molecule has 3 nitrogen and oxygen atoms in total. The Morgan fingerprint density at radius 2 is 1.72 bits per heavy atom. The third kappa shape index (κ3) is 2.53. The van der Waals surface area contributed by atoms with E-state index < -0.39 is 0 Å². The zero-order chi connectivity index (χ0) is 13.3. The van der Waals surface area contributed by atoms with Crippen molar-refractivity contribution < 1.29 is 0 Å². The Balaban J connectivity index is 2.66.